The average molecular weight is 285 g/mol. The van der Waals surface area contributed by atoms with E-state index in [-0.39, 0.29) is 16.3 Å². The Kier molecular flexibility index (Phi) is 2.74. The summed E-state index contributed by atoms with van der Waals surface area (Å²) in [5.74, 6) is -0.465. The minimum atomic E-state index is -1.09. The Morgan fingerprint density at radius 2 is 2.00 bits per heavy atom. The standard InChI is InChI=1S/C13H13ClO5/c14-7-6-8-11(19-5-1-4-18-8)9(10(7)15)13(2-3-13)12(16)17/h6,15H,1-5H2,(H,16,17). The number of aromatic hydroxyl groups is 1. The topological polar surface area (TPSA) is 76.0 Å². The van der Waals surface area contributed by atoms with Crippen molar-refractivity contribution in [3.8, 4) is 17.2 Å². The van der Waals surface area contributed by atoms with Gasteiger partial charge in [-0.25, -0.2) is 0 Å². The van der Waals surface area contributed by atoms with Crippen LogP contribution in [0.4, 0.5) is 0 Å². The summed E-state index contributed by atoms with van der Waals surface area (Å²) in [6.45, 7) is 0.907. The molecule has 3 rings (SSSR count). The van der Waals surface area contributed by atoms with Crippen molar-refractivity contribution in [1.29, 1.82) is 0 Å². The van der Waals surface area contributed by atoms with Crippen molar-refractivity contribution in [3.63, 3.8) is 0 Å². The molecule has 1 aliphatic carbocycles. The molecule has 0 aromatic heterocycles. The van der Waals surface area contributed by atoms with E-state index in [0.717, 1.165) is 0 Å². The van der Waals surface area contributed by atoms with Crippen LogP contribution >= 0.6 is 11.6 Å². The predicted octanol–water partition coefficient (Wildman–Crippen LogP) is 2.32. The number of fused-ring (bicyclic) bond motifs is 1. The van der Waals surface area contributed by atoms with Gasteiger partial charge >= 0.3 is 5.97 Å². The Bertz CT molecular complexity index is 550. The molecule has 0 atom stereocenters. The van der Waals surface area contributed by atoms with Crippen LogP contribution in [0.2, 0.25) is 5.02 Å². The molecule has 0 bridgehead atoms. The molecule has 5 nitrogen and oxygen atoms in total. The first kappa shape index (κ1) is 12.4. The third-order valence-electron chi connectivity index (χ3n) is 3.60. The highest BCUT2D eigenvalue weighted by Crippen LogP contribution is 2.58. The zero-order chi connectivity index (χ0) is 13.6. The van der Waals surface area contributed by atoms with Gasteiger partial charge in [-0.3, -0.25) is 4.79 Å². The molecule has 1 saturated carbocycles. The number of benzene rings is 1. The quantitative estimate of drug-likeness (QED) is 0.872. The average Bonchev–Trinajstić information content (AvgIpc) is 3.15. The molecule has 1 aromatic rings. The van der Waals surface area contributed by atoms with Gasteiger partial charge in [-0.2, -0.15) is 0 Å². The summed E-state index contributed by atoms with van der Waals surface area (Å²) in [5, 5.41) is 19.6. The van der Waals surface area contributed by atoms with Crippen LogP contribution in [0.3, 0.4) is 0 Å². The predicted molar refractivity (Wildman–Crippen MR) is 67.3 cm³/mol. The highest BCUT2D eigenvalue weighted by Gasteiger charge is 2.56. The van der Waals surface area contributed by atoms with Crippen molar-refractivity contribution in [2.75, 3.05) is 13.2 Å². The second-order valence-corrected chi connectivity index (χ2v) is 5.25. The smallest absolute Gasteiger partial charge is 0.314 e. The van der Waals surface area contributed by atoms with E-state index in [9.17, 15) is 15.0 Å². The number of hydrogen-bond donors (Lipinski definition) is 2. The van der Waals surface area contributed by atoms with Crippen LogP contribution in [-0.2, 0) is 10.2 Å². The van der Waals surface area contributed by atoms with Crippen molar-refractivity contribution in [3.05, 3.63) is 16.7 Å². The van der Waals surface area contributed by atoms with E-state index in [1.807, 2.05) is 0 Å². The Labute approximate surface area is 114 Å². The number of halogens is 1. The maximum atomic E-state index is 11.5. The van der Waals surface area contributed by atoms with Crippen molar-refractivity contribution in [2.45, 2.75) is 24.7 Å². The van der Waals surface area contributed by atoms with Crippen LogP contribution in [0.15, 0.2) is 6.07 Å². The Morgan fingerprint density at radius 3 is 2.63 bits per heavy atom. The lowest BCUT2D eigenvalue weighted by molar-refractivity contribution is -0.140. The van der Waals surface area contributed by atoms with Crippen molar-refractivity contribution in [2.24, 2.45) is 0 Å². The van der Waals surface area contributed by atoms with E-state index in [1.165, 1.54) is 6.07 Å². The highest BCUT2D eigenvalue weighted by atomic mass is 35.5. The zero-order valence-electron chi connectivity index (χ0n) is 10.1. The summed E-state index contributed by atoms with van der Waals surface area (Å²) in [4.78, 5) is 11.5. The third kappa shape index (κ3) is 1.80. The molecule has 102 valence electrons. The lowest BCUT2D eigenvalue weighted by atomic mass is 9.93. The number of carbonyl (C=O) groups is 1. The lowest BCUT2D eigenvalue weighted by Crippen LogP contribution is -2.21. The molecular weight excluding hydrogens is 272 g/mol. The van der Waals surface area contributed by atoms with Crippen LogP contribution < -0.4 is 9.47 Å². The van der Waals surface area contributed by atoms with Gasteiger partial charge in [0, 0.05) is 12.5 Å². The number of phenolic OH excluding ortho intramolecular Hbond substituents is 1. The Balaban J connectivity index is 2.22. The van der Waals surface area contributed by atoms with E-state index >= 15 is 0 Å². The molecule has 19 heavy (non-hydrogen) atoms. The molecule has 0 spiro atoms. The van der Waals surface area contributed by atoms with Crippen molar-refractivity contribution >= 4 is 17.6 Å². The second-order valence-electron chi connectivity index (χ2n) is 4.85. The van der Waals surface area contributed by atoms with E-state index in [2.05, 4.69) is 0 Å². The summed E-state index contributed by atoms with van der Waals surface area (Å²) >= 11 is 5.96. The summed E-state index contributed by atoms with van der Waals surface area (Å²) in [5.41, 5.74) is -0.836. The fourth-order valence-corrected chi connectivity index (χ4v) is 2.60. The maximum absolute atomic E-state index is 11.5. The molecule has 0 unspecified atom stereocenters. The molecule has 2 aliphatic rings. The molecule has 6 heteroatoms. The summed E-state index contributed by atoms with van der Waals surface area (Å²) in [6.07, 6.45) is 1.63. The second kappa shape index (κ2) is 4.20. The highest BCUT2D eigenvalue weighted by molar-refractivity contribution is 6.32. The molecule has 0 saturated heterocycles. The van der Waals surface area contributed by atoms with Crippen LogP contribution in [0.25, 0.3) is 0 Å². The van der Waals surface area contributed by atoms with Crippen LogP contribution in [0.5, 0.6) is 17.2 Å². The molecular formula is C13H13ClO5. The van der Waals surface area contributed by atoms with Crippen molar-refractivity contribution < 1.29 is 24.5 Å². The Hall–Kier alpha value is -1.62. The van der Waals surface area contributed by atoms with Gasteiger partial charge in [-0.05, 0) is 12.8 Å². The summed E-state index contributed by atoms with van der Waals surface area (Å²) < 4.78 is 11.1. The number of hydrogen-bond acceptors (Lipinski definition) is 4. The molecule has 1 aliphatic heterocycles. The number of ether oxygens (including phenoxy) is 2. The van der Waals surface area contributed by atoms with E-state index in [0.29, 0.717) is 44.0 Å². The van der Waals surface area contributed by atoms with Gasteiger partial charge in [0.15, 0.2) is 11.5 Å². The molecule has 1 aromatic carbocycles. The first-order valence-corrected chi connectivity index (χ1v) is 6.49. The number of carboxylic acid groups (broad SMARTS) is 1. The largest absolute Gasteiger partial charge is 0.506 e. The van der Waals surface area contributed by atoms with Crippen LogP contribution in [-0.4, -0.2) is 29.4 Å². The van der Waals surface area contributed by atoms with Gasteiger partial charge in [-0.1, -0.05) is 11.6 Å². The number of phenols is 1. The fourth-order valence-electron chi connectivity index (χ4n) is 2.40. The number of rotatable bonds is 2. The molecule has 2 N–H and O–H groups in total. The molecule has 0 radical (unpaired) electrons. The van der Waals surface area contributed by atoms with Gasteiger partial charge in [0.25, 0.3) is 0 Å². The minimum absolute atomic E-state index is 0.0896. The van der Waals surface area contributed by atoms with Gasteiger partial charge in [0.05, 0.1) is 23.8 Å². The monoisotopic (exact) mass is 284 g/mol. The van der Waals surface area contributed by atoms with Crippen LogP contribution in [0.1, 0.15) is 24.8 Å². The van der Waals surface area contributed by atoms with E-state index in [4.69, 9.17) is 21.1 Å². The SMILES string of the molecule is O=C(O)C1(c2c(O)c(Cl)cc3c2OCCCO3)CC1. The summed E-state index contributed by atoms with van der Waals surface area (Å²) in [7, 11) is 0. The van der Waals surface area contributed by atoms with E-state index in [1.54, 1.807) is 0 Å². The normalized spacial score (nSPS) is 19.6. The minimum Gasteiger partial charge on any atom is -0.506 e. The van der Waals surface area contributed by atoms with Gasteiger partial charge in [-0.15, -0.1) is 0 Å². The number of aliphatic carboxylic acids is 1. The third-order valence-corrected chi connectivity index (χ3v) is 3.89. The zero-order valence-corrected chi connectivity index (χ0v) is 10.9. The number of carboxylic acids is 1. The van der Waals surface area contributed by atoms with E-state index < -0.39 is 11.4 Å². The lowest BCUT2D eigenvalue weighted by Gasteiger charge is -2.19. The first-order valence-electron chi connectivity index (χ1n) is 6.11. The Morgan fingerprint density at radius 1 is 1.32 bits per heavy atom. The van der Waals surface area contributed by atoms with Gasteiger partial charge < -0.3 is 19.7 Å². The molecule has 1 fully saturated rings. The molecule has 1 heterocycles. The summed E-state index contributed by atoms with van der Waals surface area (Å²) in [6, 6.07) is 1.47. The van der Waals surface area contributed by atoms with Crippen LogP contribution in [0, 0.1) is 0 Å². The van der Waals surface area contributed by atoms with Gasteiger partial charge in [0.2, 0.25) is 0 Å². The first-order chi connectivity index (χ1) is 9.06. The molecule has 0 amide bonds. The maximum Gasteiger partial charge on any atom is 0.314 e. The van der Waals surface area contributed by atoms with Crippen molar-refractivity contribution in [1.82, 2.24) is 0 Å². The fraction of sp³-hybridized carbons (Fsp3) is 0.462. The van der Waals surface area contributed by atoms with Gasteiger partial charge in [0.1, 0.15) is 11.2 Å².